The summed E-state index contributed by atoms with van der Waals surface area (Å²) in [4.78, 5) is 10.7. The van der Waals surface area contributed by atoms with Crippen molar-refractivity contribution in [3.05, 3.63) is 27.7 Å². The number of carboxylic acids is 1. The zero-order valence-corrected chi connectivity index (χ0v) is 13.3. The average molecular weight is 340 g/mol. The molecule has 1 aromatic carbocycles. The summed E-state index contributed by atoms with van der Waals surface area (Å²) in [5.74, 6) is -1.15. The molecular weight excluding hydrogens is 325 g/mol. The topological polar surface area (TPSA) is 83.5 Å². The van der Waals surface area contributed by atoms with Gasteiger partial charge in [0.05, 0.1) is 15.6 Å². The second-order valence-electron chi connectivity index (χ2n) is 4.43. The summed E-state index contributed by atoms with van der Waals surface area (Å²) in [6.45, 7) is 4.09. The Balaban J connectivity index is 3.18. The fourth-order valence-corrected chi connectivity index (χ4v) is 3.39. The van der Waals surface area contributed by atoms with Crippen LogP contribution in [-0.4, -0.2) is 26.0 Å². The third-order valence-corrected chi connectivity index (χ3v) is 5.06. The number of rotatable bonds is 6. The number of carbonyl (C=O) groups is 1. The van der Waals surface area contributed by atoms with Gasteiger partial charge in [-0.05, 0) is 18.1 Å². The van der Waals surface area contributed by atoms with Crippen LogP contribution >= 0.6 is 23.2 Å². The van der Waals surface area contributed by atoms with Gasteiger partial charge in [0.1, 0.15) is 4.90 Å². The van der Waals surface area contributed by atoms with Crippen molar-refractivity contribution >= 4 is 39.2 Å². The normalized spacial score (nSPS) is 13.2. The van der Waals surface area contributed by atoms with Gasteiger partial charge in [-0.1, -0.05) is 43.5 Å². The Labute approximate surface area is 127 Å². The molecule has 0 fully saturated rings. The standard InChI is InChI=1S/C12H15Cl2NO4S/c1-3-7(2)6-15-20(18,19)11-4-8(12(16)17)9(13)5-10(11)14/h4-5,7,15H,3,6H2,1-2H3,(H,16,17). The number of halogens is 2. The van der Waals surface area contributed by atoms with E-state index in [4.69, 9.17) is 28.3 Å². The van der Waals surface area contributed by atoms with Crippen molar-refractivity contribution in [1.82, 2.24) is 4.72 Å². The molecule has 112 valence electrons. The van der Waals surface area contributed by atoms with Gasteiger partial charge in [0, 0.05) is 6.54 Å². The highest BCUT2D eigenvalue weighted by atomic mass is 35.5. The van der Waals surface area contributed by atoms with Crippen molar-refractivity contribution < 1.29 is 18.3 Å². The highest BCUT2D eigenvalue weighted by Crippen LogP contribution is 2.28. The first-order chi connectivity index (χ1) is 9.19. The van der Waals surface area contributed by atoms with Crippen molar-refractivity contribution in [2.24, 2.45) is 5.92 Å². The molecule has 8 heteroatoms. The Hall–Kier alpha value is -0.820. The van der Waals surface area contributed by atoms with Gasteiger partial charge in [0.2, 0.25) is 10.0 Å². The van der Waals surface area contributed by atoms with Crippen LogP contribution in [0.2, 0.25) is 10.0 Å². The molecule has 5 nitrogen and oxygen atoms in total. The molecule has 1 unspecified atom stereocenters. The van der Waals surface area contributed by atoms with Gasteiger partial charge in [0.15, 0.2) is 0 Å². The summed E-state index contributed by atoms with van der Waals surface area (Å²) in [6.07, 6.45) is 0.817. The maximum atomic E-state index is 12.1. The van der Waals surface area contributed by atoms with Crippen LogP contribution in [0.4, 0.5) is 0 Å². The van der Waals surface area contributed by atoms with E-state index in [-0.39, 0.29) is 33.0 Å². The summed E-state index contributed by atoms with van der Waals surface area (Å²) in [5.41, 5.74) is -0.306. The Kier molecular flexibility index (Phi) is 5.82. The molecule has 0 aliphatic carbocycles. The second kappa shape index (κ2) is 6.76. The highest BCUT2D eigenvalue weighted by molar-refractivity contribution is 7.89. The number of hydrogen-bond acceptors (Lipinski definition) is 3. The minimum absolute atomic E-state index is 0.108. The molecule has 2 N–H and O–H groups in total. The van der Waals surface area contributed by atoms with Gasteiger partial charge < -0.3 is 5.11 Å². The quantitative estimate of drug-likeness (QED) is 0.834. The molecule has 20 heavy (non-hydrogen) atoms. The Bertz CT molecular complexity index is 616. The van der Waals surface area contributed by atoms with E-state index < -0.39 is 16.0 Å². The van der Waals surface area contributed by atoms with E-state index in [1.165, 1.54) is 0 Å². The molecular formula is C12H15Cl2NO4S. The summed E-state index contributed by atoms with van der Waals surface area (Å²) in [6, 6.07) is 2.08. The first kappa shape index (κ1) is 17.2. The molecule has 0 saturated heterocycles. The number of sulfonamides is 1. The van der Waals surface area contributed by atoms with Crippen LogP contribution < -0.4 is 4.72 Å². The van der Waals surface area contributed by atoms with E-state index in [0.29, 0.717) is 0 Å². The molecule has 0 aliphatic heterocycles. The highest BCUT2D eigenvalue weighted by Gasteiger charge is 2.22. The number of nitrogens with one attached hydrogen (secondary N) is 1. The second-order valence-corrected chi connectivity index (χ2v) is 6.98. The molecule has 0 aliphatic rings. The van der Waals surface area contributed by atoms with Crippen LogP contribution in [0.25, 0.3) is 0 Å². The smallest absolute Gasteiger partial charge is 0.337 e. The van der Waals surface area contributed by atoms with E-state index in [0.717, 1.165) is 18.6 Å². The van der Waals surface area contributed by atoms with E-state index in [1.807, 2.05) is 13.8 Å². The Morgan fingerprint density at radius 1 is 1.35 bits per heavy atom. The van der Waals surface area contributed by atoms with Gasteiger partial charge >= 0.3 is 5.97 Å². The van der Waals surface area contributed by atoms with Gasteiger partial charge in [-0.2, -0.15) is 0 Å². The van der Waals surface area contributed by atoms with E-state index in [1.54, 1.807) is 0 Å². The predicted molar refractivity (Wildman–Crippen MR) is 78.1 cm³/mol. The van der Waals surface area contributed by atoms with Crippen molar-refractivity contribution in [1.29, 1.82) is 0 Å². The first-order valence-corrected chi connectivity index (χ1v) is 8.15. The molecule has 0 spiro atoms. The van der Waals surface area contributed by atoms with Crippen LogP contribution in [0.5, 0.6) is 0 Å². The first-order valence-electron chi connectivity index (χ1n) is 5.91. The molecule has 1 rings (SSSR count). The van der Waals surface area contributed by atoms with Crippen molar-refractivity contribution in [3.8, 4) is 0 Å². The maximum absolute atomic E-state index is 12.1. The molecule has 0 bridgehead atoms. The lowest BCUT2D eigenvalue weighted by atomic mass is 10.1. The number of hydrogen-bond donors (Lipinski definition) is 2. The number of benzene rings is 1. The van der Waals surface area contributed by atoms with Crippen LogP contribution in [0.1, 0.15) is 30.6 Å². The van der Waals surface area contributed by atoms with Crippen molar-refractivity contribution in [2.75, 3.05) is 6.54 Å². The summed E-state index contributed by atoms with van der Waals surface area (Å²) < 4.78 is 26.7. The van der Waals surface area contributed by atoms with Gasteiger partial charge in [-0.25, -0.2) is 17.9 Å². The molecule has 0 saturated carbocycles. The van der Waals surface area contributed by atoms with Crippen LogP contribution in [-0.2, 0) is 10.0 Å². The lowest BCUT2D eigenvalue weighted by molar-refractivity contribution is 0.0697. The Morgan fingerprint density at radius 3 is 2.45 bits per heavy atom. The SMILES string of the molecule is CCC(C)CNS(=O)(=O)c1cc(C(=O)O)c(Cl)cc1Cl. The summed E-state index contributed by atoms with van der Waals surface area (Å²) in [5, 5.41) is 8.74. The molecule has 1 atom stereocenters. The summed E-state index contributed by atoms with van der Waals surface area (Å²) in [7, 11) is -3.87. The van der Waals surface area contributed by atoms with Gasteiger partial charge in [-0.15, -0.1) is 0 Å². The van der Waals surface area contributed by atoms with E-state index in [2.05, 4.69) is 4.72 Å². The van der Waals surface area contributed by atoms with Crippen LogP contribution in [0.15, 0.2) is 17.0 Å². The minimum atomic E-state index is -3.87. The largest absolute Gasteiger partial charge is 0.478 e. The maximum Gasteiger partial charge on any atom is 0.337 e. The van der Waals surface area contributed by atoms with Crippen molar-refractivity contribution in [2.45, 2.75) is 25.2 Å². The molecule has 0 aromatic heterocycles. The van der Waals surface area contributed by atoms with Gasteiger partial charge in [0.25, 0.3) is 0 Å². The third-order valence-electron chi connectivity index (χ3n) is 2.86. The fraction of sp³-hybridized carbons (Fsp3) is 0.417. The van der Waals surface area contributed by atoms with Crippen molar-refractivity contribution in [3.63, 3.8) is 0 Å². The van der Waals surface area contributed by atoms with Crippen LogP contribution in [0.3, 0.4) is 0 Å². The molecule has 1 aromatic rings. The zero-order valence-electron chi connectivity index (χ0n) is 11.0. The zero-order chi connectivity index (χ0) is 15.5. The molecule has 0 heterocycles. The number of aromatic carboxylic acids is 1. The molecule has 0 amide bonds. The lowest BCUT2D eigenvalue weighted by Crippen LogP contribution is -2.28. The van der Waals surface area contributed by atoms with Gasteiger partial charge in [-0.3, -0.25) is 0 Å². The summed E-state index contributed by atoms with van der Waals surface area (Å²) >= 11 is 11.6. The number of carboxylic acid groups (broad SMARTS) is 1. The third kappa shape index (κ3) is 4.09. The predicted octanol–water partition coefficient (Wildman–Crippen LogP) is 3.02. The van der Waals surface area contributed by atoms with E-state index >= 15 is 0 Å². The Morgan fingerprint density at radius 2 is 1.95 bits per heavy atom. The van der Waals surface area contributed by atoms with Crippen LogP contribution in [0, 0.1) is 5.92 Å². The average Bonchev–Trinajstić information content (AvgIpc) is 2.35. The van der Waals surface area contributed by atoms with E-state index in [9.17, 15) is 13.2 Å². The lowest BCUT2D eigenvalue weighted by Gasteiger charge is -2.12. The fourth-order valence-electron chi connectivity index (χ4n) is 1.37. The monoisotopic (exact) mass is 339 g/mol. The minimum Gasteiger partial charge on any atom is -0.478 e. The molecule has 0 radical (unpaired) electrons.